The summed E-state index contributed by atoms with van der Waals surface area (Å²) in [7, 11) is 1.37. The Kier molecular flexibility index (Phi) is 13.3. The third kappa shape index (κ3) is 11.4. The molecule has 0 saturated carbocycles. The molecule has 0 bridgehead atoms. The maximum atomic E-state index is 11.3. The predicted octanol–water partition coefficient (Wildman–Crippen LogP) is 6.75. The molecule has 2 nitrogen and oxygen atoms in total. The van der Waals surface area contributed by atoms with E-state index in [4.69, 9.17) is 11.6 Å². The van der Waals surface area contributed by atoms with E-state index >= 15 is 0 Å². The van der Waals surface area contributed by atoms with E-state index < -0.39 is 5.38 Å². The van der Waals surface area contributed by atoms with Crippen LogP contribution >= 0.6 is 59.4 Å². The Labute approximate surface area is 159 Å². The molecule has 6 heteroatoms. The topological polar surface area (TPSA) is 26.3 Å². The highest BCUT2D eigenvalue weighted by Crippen LogP contribution is 2.45. The lowest BCUT2D eigenvalue weighted by Gasteiger charge is -2.26. The van der Waals surface area contributed by atoms with Crippen molar-refractivity contribution in [1.29, 1.82) is 0 Å². The molecule has 0 amide bonds. The Morgan fingerprint density at radius 3 is 2.14 bits per heavy atom. The number of methoxy groups -OCH3 is 1. The van der Waals surface area contributed by atoms with Gasteiger partial charge in [0.25, 0.3) is 0 Å². The van der Waals surface area contributed by atoms with Crippen LogP contribution in [0.25, 0.3) is 0 Å². The predicted molar refractivity (Wildman–Crippen MR) is 102 cm³/mol. The smallest absolute Gasteiger partial charge is 0.323 e. The van der Waals surface area contributed by atoms with Gasteiger partial charge in [0.05, 0.1) is 7.11 Å². The molecular weight excluding hydrogens is 487 g/mol. The van der Waals surface area contributed by atoms with Crippen molar-refractivity contribution in [2.75, 3.05) is 7.11 Å². The van der Waals surface area contributed by atoms with Crippen LogP contribution in [0.4, 0.5) is 0 Å². The molecule has 0 N–H and O–H groups in total. The fraction of sp³-hybridized carbons (Fsp3) is 0.933. The number of carbonyl (C=O) groups excluding carboxylic acids is 1. The summed E-state index contributed by atoms with van der Waals surface area (Å²) in [6.45, 7) is 2.23. The van der Waals surface area contributed by atoms with Crippen LogP contribution in [0.5, 0.6) is 0 Å². The zero-order valence-corrected chi connectivity index (χ0v) is 18.4. The first-order chi connectivity index (χ1) is 9.82. The fourth-order valence-electron chi connectivity index (χ4n) is 2.24. The van der Waals surface area contributed by atoms with Crippen molar-refractivity contribution in [2.45, 2.75) is 72.2 Å². The Bertz CT molecular complexity index is 283. The molecule has 0 aromatic rings. The molecule has 0 fully saturated rings. The van der Waals surface area contributed by atoms with E-state index in [2.05, 4.69) is 59.5 Å². The Balaban J connectivity index is 4.08. The minimum absolute atomic E-state index is 0.289. The van der Waals surface area contributed by atoms with Crippen LogP contribution in [0.3, 0.4) is 0 Å². The highest BCUT2D eigenvalue weighted by Gasteiger charge is 2.31. The Hall–Kier alpha value is 1.20. The number of halogens is 4. The first-order valence-electron chi connectivity index (χ1n) is 7.61. The van der Waals surface area contributed by atoms with Gasteiger partial charge in [0.2, 0.25) is 0 Å². The average Bonchev–Trinajstić information content (AvgIpc) is 2.42. The van der Waals surface area contributed by atoms with Gasteiger partial charge in [0, 0.05) is 0 Å². The van der Waals surface area contributed by atoms with E-state index in [9.17, 15) is 4.79 Å². The van der Waals surface area contributed by atoms with Crippen LogP contribution in [-0.4, -0.2) is 20.6 Å². The SMILES string of the molecule is CCCCCCCCC(CCC(Cl)C(=O)OC)C(Br)(Br)Br. The first kappa shape index (κ1) is 22.2. The lowest BCUT2D eigenvalue weighted by atomic mass is 9.96. The summed E-state index contributed by atoms with van der Waals surface area (Å²) in [5.41, 5.74) is 0. The summed E-state index contributed by atoms with van der Waals surface area (Å²) in [6.07, 6.45) is 10.3. The largest absolute Gasteiger partial charge is 0.468 e. The molecule has 0 aliphatic rings. The van der Waals surface area contributed by atoms with Gasteiger partial charge in [0.15, 0.2) is 0 Å². The van der Waals surface area contributed by atoms with Crippen molar-refractivity contribution in [3.63, 3.8) is 0 Å². The summed E-state index contributed by atoms with van der Waals surface area (Å²) in [5, 5.41) is -0.558. The van der Waals surface area contributed by atoms with Gasteiger partial charge < -0.3 is 4.74 Å². The average molecular weight is 514 g/mol. The van der Waals surface area contributed by atoms with E-state index in [1.165, 1.54) is 45.6 Å². The second kappa shape index (κ2) is 12.6. The number of hydrogen-bond acceptors (Lipinski definition) is 2. The third-order valence-electron chi connectivity index (χ3n) is 3.59. The maximum absolute atomic E-state index is 11.3. The zero-order valence-electron chi connectivity index (χ0n) is 12.8. The first-order valence-corrected chi connectivity index (χ1v) is 10.4. The lowest BCUT2D eigenvalue weighted by Crippen LogP contribution is -2.22. The summed E-state index contributed by atoms with van der Waals surface area (Å²) in [6, 6.07) is 0. The van der Waals surface area contributed by atoms with E-state index in [0.29, 0.717) is 12.3 Å². The second-order valence-corrected chi connectivity index (χ2v) is 12.8. The van der Waals surface area contributed by atoms with Gasteiger partial charge in [-0.15, -0.1) is 11.6 Å². The fourth-order valence-corrected chi connectivity index (χ4v) is 3.82. The minimum Gasteiger partial charge on any atom is -0.468 e. The van der Waals surface area contributed by atoms with E-state index in [0.717, 1.165) is 12.8 Å². The summed E-state index contributed by atoms with van der Waals surface area (Å²) in [5.74, 6) is 0.0221. The van der Waals surface area contributed by atoms with Crippen molar-refractivity contribution < 1.29 is 9.53 Å². The van der Waals surface area contributed by atoms with Crippen molar-refractivity contribution in [3.05, 3.63) is 0 Å². The Morgan fingerprint density at radius 1 is 1.05 bits per heavy atom. The molecule has 0 aliphatic heterocycles. The van der Waals surface area contributed by atoms with Gasteiger partial charge >= 0.3 is 5.97 Å². The summed E-state index contributed by atoms with van der Waals surface area (Å²) >= 11 is 16.9. The molecule has 0 aromatic heterocycles. The van der Waals surface area contributed by atoms with Crippen LogP contribution in [0.1, 0.15) is 64.7 Å². The van der Waals surface area contributed by atoms with Gasteiger partial charge in [-0.05, 0) is 25.2 Å². The van der Waals surface area contributed by atoms with Crippen LogP contribution in [0.2, 0.25) is 0 Å². The third-order valence-corrected chi connectivity index (χ3v) is 5.93. The van der Waals surface area contributed by atoms with E-state index in [1.54, 1.807) is 0 Å². The van der Waals surface area contributed by atoms with Crippen molar-refractivity contribution >= 4 is 65.4 Å². The van der Waals surface area contributed by atoms with Crippen LogP contribution in [0.15, 0.2) is 0 Å². The quantitative estimate of drug-likeness (QED) is 0.174. The van der Waals surface area contributed by atoms with Crippen LogP contribution < -0.4 is 0 Å². The highest BCUT2D eigenvalue weighted by atomic mass is 80.0. The molecule has 0 heterocycles. The molecule has 0 radical (unpaired) electrons. The number of hydrogen-bond donors (Lipinski definition) is 0. The number of alkyl halides is 4. The standard InChI is InChI=1S/C15H26Br3ClO2/c1-3-4-5-6-7-8-9-12(15(16,17)18)10-11-13(19)14(20)21-2/h12-13H,3-11H2,1-2H3. The number of carbonyl (C=O) groups is 1. The monoisotopic (exact) mass is 510 g/mol. The van der Waals surface area contributed by atoms with E-state index in [1.807, 2.05) is 0 Å². The van der Waals surface area contributed by atoms with Gasteiger partial charge in [-0.3, -0.25) is 4.79 Å². The van der Waals surface area contributed by atoms with Gasteiger partial charge in [0.1, 0.15) is 7.52 Å². The van der Waals surface area contributed by atoms with Gasteiger partial charge in [-0.2, -0.15) is 0 Å². The molecule has 0 aliphatic carbocycles. The molecule has 2 atom stereocenters. The van der Waals surface area contributed by atoms with Crippen molar-refractivity contribution in [1.82, 2.24) is 0 Å². The van der Waals surface area contributed by atoms with Crippen LogP contribution in [0, 0.1) is 5.92 Å². The molecule has 0 aromatic carbocycles. The number of unbranched alkanes of at least 4 members (excludes halogenated alkanes) is 5. The lowest BCUT2D eigenvalue weighted by molar-refractivity contribution is -0.140. The molecule has 126 valence electrons. The molecule has 0 rings (SSSR count). The summed E-state index contributed by atoms with van der Waals surface area (Å²) in [4.78, 5) is 11.3. The maximum Gasteiger partial charge on any atom is 0.323 e. The molecule has 0 saturated heterocycles. The highest BCUT2D eigenvalue weighted by molar-refractivity contribution is 9.39. The van der Waals surface area contributed by atoms with Crippen molar-refractivity contribution in [3.8, 4) is 0 Å². The number of esters is 1. The molecule has 0 spiro atoms. The van der Waals surface area contributed by atoms with Crippen molar-refractivity contribution in [2.24, 2.45) is 5.92 Å². The minimum atomic E-state index is -0.558. The molecular formula is C15H26Br3ClO2. The van der Waals surface area contributed by atoms with Crippen LogP contribution in [-0.2, 0) is 9.53 Å². The number of ether oxygens (including phenoxy) is 1. The molecule has 21 heavy (non-hydrogen) atoms. The molecule has 2 unspecified atom stereocenters. The second-order valence-electron chi connectivity index (χ2n) is 5.36. The van der Waals surface area contributed by atoms with Gasteiger partial charge in [-0.1, -0.05) is 93.2 Å². The van der Waals surface area contributed by atoms with E-state index in [-0.39, 0.29) is 8.11 Å². The van der Waals surface area contributed by atoms with Gasteiger partial charge in [-0.25, -0.2) is 0 Å². The Morgan fingerprint density at radius 2 is 1.62 bits per heavy atom. The normalized spacial score (nSPS) is 14.8. The summed E-state index contributed by atoms with van der Waals surface area (Å²) < 4.78 is 4.37. The zero-order chi connectivity index (χ0) is 16.3. The number of rotatable bonds is 11.